The third-order valence-electron chi connectivity index (χ3n) is 7.95. The minimum atomic E-state index is -5.43. The summed E-state index contributed by atoms with van der Waals surface area (Å²) in [5.41, 5.74) is -4.22. The number of nitrogens with zero attached hydrogens (tertiary/aromatic N) is 3. The monoisotopic (exact) mass is 644 g/mol. The number of hydrogen-bond acceptors (Lipinski definition) is 7. The highest BCUT2D eigenvalue weighted by molar-refractivity contribution is 7.99. The van der Waals surface area contributed by atoms with Crippen molar-refractivity contribution in [1.29, 1.82) is 0 Å². The number of nitrogens with one attached hydrogen (secondary N) is 1. The molecule has 0 amide bonds. The number of piperidine rings is 1. The molecule has 0 aliphatic carbocycles. The minimum Gasteiger partial charge on any atom is -0.395 e. The third kappa shape index (κ3) is 8.92. The lowest BCUT2D eigenvalue weighted by Gasteiger charge is -2.35. The Morgan fingerprint density at radius 1 is 0.977 bits per heavy atom. The second kappa shape index (κ2) is 14.6. The molecule has 13 heteroatoms. The quantitative estimate of drug-likeness (QED) is 0.175. The van der Waals surface area contributed by atoms with Crippen LogP contribution in [0.1, 0.15) is 48.2 Å². The smallest absolute Gasteiger partial charge is 0.395 e. The van der Waals surface area contributed by atoms with Crippen molar-refractivity contribution in [2.75, 3.05) is 57.7 Å². The van der Waals surface area contributed by atoms with E-state index in [9.17, 15) is 31.1 Å². The van der Waals surface area contributed by atoms with Gasteiger partial charge in [-0.2, -0.15) is 26.3 Å². The largest absolute Gasteiger partial charge is 0.418 e. The molecule has 242 valence electrons. The van der Waals surface area contributed by atoms with E-state index in [1.807, 2.05) is 4.90 Å². The number of carbonyl (C=O) groups is 1. The van der Waals surface area contributed by atoms with Crippen molar-refractivity contribution in [3.8, 4) is 0 Å². The Balaban J connectivity index is 1.57. The molecule has 2 aromatic carbocycles. The summed E-state index contributed by atoms with van der Waals surface area (Å²) >= 11 is 0.584. The van der Waals surface area contributed by atoms with Crippen LogP contribution >= 0.6 is 11.8 Å². The molecule has 2 saturated heterocycles. The van der Waals surface area contributed by atoms with E-state index in [1.165, 1.54) is 6.20 Å². The number of alkyl halides is 6. The molecule has 0 radical (unpaired) electrons. The highest BCUT2D eigenvalue weighted by atomic mass is 32.2. The van der Waals surface area contributed by atoms with Crippen LogP contribution in [-0.2, 0) is 12.4 Å². The van der Waals surface area contributed by atoms with E-state index >= 15 is 0 Å². The number of carbonyl (C=O) groups excluding carboxylic acids is 1. The maximum absolute atomic E-state index is 14.3. The number of hydrogen-bond donors (Lipinski definition) is 2. The Morgan fingerprint density at radius 2 is 1.64 bits per heavy atom. The predicted molar refractivity (Wildman–Crippen MR) is 159 cm³/mol. The van der Waals surface area contributed by atoms with Crippen molar-refractivity contribution in [3.63, 3.8) is 0 Å². The molecule has 44 heavy (non-hydrogen) atoms. The fourth-order valence-electron chi connectivity index (χ4n) is 5.56. The van der Waals surface area contributed by atoms with Crippen LogP contribution in [0.25, 0.3) is 0 Å². The number of rotatable bonds is 10. The van der Waals surface area contributed by atoms with E-state index in [0.717, 1.165) is 44.1 Å². The van der Waals surface area contributed by atoms with Crippen LogP contribution in [0.2, 0.25) is 0 Å². The van der Waals surface area contributed by atoms with Crippen molar-refractivity contribution < 1.29 is 36.2 Å². The molecule has 0 bridgehead atoms. The molecular weight excluding hydrogens is 606 g/mol. The van der Waals surface area contributed by atoms with Gasteiger partial charge < -0.3 is 20.2 Å². The summed E-state index contributed by atoms with van der Waals surface area (Å²) in [6, 6.07) is 9.01. The summed E-state index contributed by atoms with van der Waals surface area (Å²) in [5.74, 6) is -1.16. The van der Waals surface area contributed by atoms with Crippen molar-refractivity contribution >= 4 is 23.2 Å². The lowest BCUT2D eigenvalue weighted by molar-refractivity contribution is -0.163. The molecule has 0 atom stereocenters. The summed E-state index contributed by atoms with van der Waals surface area (Å²) in [6.07, 6.45) is -6.79. The van der Waals surface area contributed by atoms with Crippen LogP contribution in [0.4, 0.5) is 32.0 Å². The molecule has 0 spiro atoms. The average molecular weight is 645 g/mol. The van der Waals surface area contributed by atoms with Crippen LogP contribution in [0.3, 0.4) is 0 Å². The van der Waals surface area contributed by atoms with Gasteiger partial charge >= 0.3 is 12.4 Å². The lowest BCUT2D eigenvalue weighted by Crippen LogP contribution is -2.45. The van der Waals surface area contributed by atoms with E-state index < -0.39 is 39.7 Å². The number of likely N-dealkylation sites (tertiary alicyclic amines) is 1. The number of allylic oxidation sites excluding steroid dienone is 1. The second-order valence-corrected chi connectivity index (χ2v) is 12.4. The fraction of sp³-hybridized carbons (Fsp3) is 0.516. The van der Waals surface area contributed by atoms with Crippen molar-refractivity contribution in [2.45, 2.75) is 60.9 Å². The average Bonchev–Trinajstić information content (AvgIpc) is 2.96. The molecule has 2 heterocycles. The summed E-state index contributed by atoms with van der Waals surface area (Å²) in [4.78, 5) is 18.7. The van der Waals surface area contributed by atoms with Crippen molar-refractivity contribution in [2.24, 2.45) is 0 Å². The molecule has 0 unspecified atom stereocenters. The lowest BCUT2D eigenvalue weighted by atomic mass is 9.96. The van der Waals surface area contributed by atoms with Crippen LogP contribution in [0.5, 0.6) is 0 Å². The van der Waals surface area contributed by atoms with Gasteiger partial charge in [0.15, 0.2) is 5.78 Å². The number of halogens is 6. The highest BCUT2D eigenvalue weighted by Crippen LogP contribution is 2.48. The summed E-state index contributed by atoms with van der Waals surface area (Å²) in [5, 5.41) is 12.5. The molecule has 2 N–H and O–H groups in total. The van der Waals surface area contributed by atoms with E-state index in [2.05, 4.69) is 24.1 Å². The van der Waals surface area contributed by atoms with Crippen LogP contribution in [0.15, 0.2) is 58.5 Å². The number of aliphatic hydroxyl groups is 1. The summed E-state index contributed by atoms with van der Waals surface area (Å²) in [7, 11) is 0. The van der Waals surface area contributed by atoms with Gasteiger partial charge in [0, 0.05) is 91.2 Å². The number of β-amino-alcohol motifs (C(OH)–C–C–N with tert-alkyl or cyclic N) is 1. The minimum absolute atomic E-state index is 0.00925. The van der Waals surface area contributed by atoms with Crippen molar-refractivity contribution in [3.05, 3.63) is 65.4 Å². The summed E-state index contributed by atoms with van der Waals surface area (Å²) < 4.78 is 85.9. The first-order valence-electron chi connectivity index (χ1n) is 14.7. The third-order valence-corrected chi connectivity index (χ3v) is 9.00. The van der Waals surface area contributed by atoms with E-state index in [4.69, 9.17) is 5.11 Å². The fourth-order valence-corrected chi connectivity index (χ4v) is 6.60. The molecule has 0 aromatic heterocycles. The molecule has 4 rings (SSSR count). The molecule has 2 fully saturated rings. The molecule has 2 aromatic rings. The van der Waals surface area contributed by atoms with Crippen LogP contribution in [-0.4, -0.2) is 90.1 Å². The molecule has 6 nitrogen and oxygen atoms in total. The van der Waals surface area contributed by atoms with Gasteiger partial charge in [-0.3, -0.25) is 9.69 Å². The molecule has 0 saturated carbocycles. The van der Waals surface area contributed by atoms with Gasteiger partial charge in [-0.15, -0.1) is 0 Å². The van der Waals surface area contributed by atoms with Crippen LogP contribution < -0.4 is 5.32 Å². The summed E-state index contributed by atoms with van der Waals surface area (Å²) in [6.45, 7) is 8.65. The van der Waals surface area contributed by atoms with Gasteiger partial charge in [-0.1, -0.05) is 17.8 Å². The normalized spacial score (nSPS) is 18.0. The van der Waals surface area contributed by atoms with E-state index in [0.29, 0.717) is 61.1 Å². The van der Waals surface area contributed by atoms with Gasteiger partial charge in [0.05, 0.1) is 17.7 Å². The van der Waals surface area contributed by atoms with E-state index in [-0.39, 0.29) is 12.6 Å². The standard InChI is InChI=1S/C31H38F6N4O2S/c1-21(2)41-12-8-22(9-13-41)38-23-4-3-5-24(20-23)44-27-7-6-25(28(30(32,33)34)29(27)31(35,36)37)26(43)10-11-39-14-16-40(17-15-39)18-19-42/h3-7,10-11,20-22,38,42H,8-9,12-19H2,1-2H3. The Bertz CT molecular complexity index is 1300. The zero-order chi connectivity index (χ0) is 32.1. The Kier molecular flexibility index (Phi) is 11.3. The first kappa shape index (κ1) is 34.1. The second-order valence-electron chi connectivity index (χ2n) is 11.3. The SMILES string of the molecule is CC(C)N1CCC(Nc2cccc(Sc3ccc(C(=O)C=CN4CCN(CCO)CC4)c(C(F)(F)F)c3C(F)(F)F)c2)CC1. The number of benzene rings is 2. The maximum Gasteiger partial charge on any atom is 0.418 e. The number of piperazine rings is 1. The number of aliphatic hydroxyl groups excluding tert-OH is 1. The van der Waals surface area contributed by atoms with Gasteiger partial charge in [0.25, 0.3) is 0 Å². The Morgan fingerprint density at radius 3 is 2.23 bits per heavy atom. The van der Waals surface area contributed by atoms with Gasteiger partial charge in [0.2, 0.25) is 0 Å². The van der Waals surface area contributed by atoms with Gasteiger partial charge in [-0.05, 0) is 57.0 Å². The topological polar surface area (TPSA) is 59.1 Å². The number of anilines is 1. The molecule has 2 aliphatic rings. The Hall–Kier alpha value is -2.74. The molecule has 2 aliphatic heterocycles. The van der Waals surface area contributed by atoms with Crippen LogP contribution in [0, 0.1) is 0 Å². The highest BCUT2D eigenvalue weighted by Gasteiger charge is 2.47. The number of ketones is 1. The van der Waals surface area contributed by atoms with E-state index in [1.54, 1.807) is 29.2 Å². The van der Waals surface area contributed by atoms with Gasteiger partial charge in [-0.25, -0.2) is 0 Å². The first-order chi connectivity index (χ1) is 20.8. The van der Waals surface area contributed by atoms with Gasteiger partial charge in [0.1, 0.15) is 0 Å². The molecular formula is C31H38F6N4O2S. The first-order valence-corrected chi connectivity index (χ1v) is 15.5. The maximum atomic E-state index is 14.3. The van der Waals surface area contributed by atoms with Crippen molar-refractivity contribution in [1.82, 2.24) is 14.7 Å². The zero-order valence-electron chi connectivity index (χ0n) is 24.7. The zero-order valence-corrected chi connectivity index (χ0v) is 25.5. The predicted octanol–water partition coefficient (Wildman–Crippen LogP) is 6.47. The Labute approximate surface area is 258 Å².